The Morgan fingerprint density at radius 1 is 0.573 bits per heavy atom. The number of ether oxygens (including phenoxy) is 1. The number of aromatic amines is 4. The number of imidazole rings is 2. The molecule has 0 bridgehead atoms. The van der Waals surface area contributed by atoms with Gasteiger partial charge in [0.05, 0.1) is 88.2 Å². The van der Waals surface area contributed by atoms with Crippen LogP contribution in [0.2, 0.25) is 0 Å². The molecule has 10 aromatic rings. The Morgan fingerprint density at radius 2 is 1.09 bits per heavy atom. The maximum atomic E-state index is 6.20. The van der Waals surface area contributed by atoms with Crippen molar-refractivity contribution in [2.75, 3.05) is 69.7 Å². The van der Waals surface area contributed by atoms with E-state index in [-0.39, 0.29) is 6.10 Å². The summed E-state index contributed by atoms with van der Waals surface area (Å²) >= 11 is 0. The third kappa shape index (κ3) is 10.9. The lowest BCUT2D eigenvalue weighted by atomic mass is 10.1. The van der Waals surface area contributed by atoms with Crippen molar-refractivity contribution in [3.8, 4) is 51.3 Å². The van der Waals surface area contributed by atoms with Gasteiger partial charge in [0, 0.05) is 66.7 Å². The Hall–Kier alpha value is -7.90. The molecule has 0 saturated carbocycles. The summed E-state index contributed by atoms with van der Waals surface area (Å²) in [7, 11) is 4.20. The second-order valence-electron chi connectivity index (χ2n) is 19.7. The first-order chi connectivity index (χ1) is 37.0. The van der Waals surface area contributed by atoms with Crippen LogP contribution in [0.15, 0.2) is 86.2 Å². The number of nitrogens with zero attached hydrogens (tertiary/aromatic N) is 13. The van der Waals surface area contributed by atoms with E-state index in [9.17, 15) is 0 Å². The summed E-state index contributed by atoms with van der Waals surface area (Å²) in [5.74, 6) is 2.22. The fourth-order valence-corrected chi connectivity index (χ4v) is 10.4. The highest BCUT2D eigenvalue weighted by atomic mass is 16.5. The van der Waals surface area contributed by atoms with E-state index in [4.69, 9.17) is 14.7 Å². The molecule has 0 spiro atoms. The van der Waals surface area contributed by atoms with Crippen molar-refractivity contribution in [1.29, 1.82) is 0 Å². The topological polar surface area (TPSA) is 223 Å². The number of fused-ring (bicyclic) bond motifs is 4. The van der Waals surface area contributed by atoms with Crippen molar-refractivity contribution < 1.29 is 4.74 Å². The average molecular weight is 1010 g/mol. The van der Waals surface area contributed by atoms with Crippen LogP contribution in [0, 0.1) is 0 Å². The third-order valence-corrected chi connectivity index (χ3v) is 14.2. The van der Waals surface area contributed by atoms with Gasteiger partial charge < -0.3 is 34.7 Å². The molecule has 75 heavy (non-hydrogen) atoms. The number of rotatable bonds is 12. The molecule has 13 rings (SSSR count). The molecule has 0 aliphatic carbocycles. The van der Waals surface area contributed by atoms with Crippen LogP contribution in [0.3, 0.4) is 0 Å². The smallest absolute Gasteiger partial charge is 0.159 e. The molecule has 13 heterocycles. The second-order valence-corrected chi connectivity index (χ2v) is 19.7. The number of pyridine rings is 6. The van der Waals surface area contributed by atoms with Crippen LogP contribution in [0.4, 0.5) is 11.4 Å². The molecule has 386 valence electrons. The summed E-state index contributed by atoms with van der Waals surface area (Å²) in [5.41, 5.74) is 14.0. The van der Waals surface area contributed by atoms with E-state index in [2.05, 4.69) is 107 Å². The molecule has 19 heteroatoms. The molecule has 0 amide bonds. The van der Waals surface area contributed by atoms with Gasteiger partial charge in [0.15, 0.2) is 11.6 Å². The predicted octanol–water partition coefficient (Wildman–Crippen LogP) is 9.55. The summed E-state index contributed by atoms with van der Waals surface area (Å²) in [6.45, 7) is 11.2. The Balaban J connectivity index is 0.000000156. The van der Waals surface area contributed by atoms with E-state index < -0.39 is 0 Å². The van der Waals surface area contributed by atoms with Crippen LogP contribution >= 0.6 is 0 Å². The minimum Gasteiger partial charge on any atom is -0.489 e. The zero-order valence-electron chi connectivity index (χ0n) is 43.4. The summed E-state index contributed by atoms with van der Waals surface area (Å²) in [6, 6.07) is 8.32. The highest BCUT2D eigenvalue weighted by molar-refractivity contribution is 5.98. The minimum atomic E-state index is 0.214. The molecule has 3 fully saturated rings. The average Bonchev–Trinajstić information content (AvgIpc) is 4.29. The van der Waals surface area contributed by atoms with E-state index >= 15 is 0 Å². The predicted molar refractivity (Wildman–Crippen MR) is 297 cm³/mol. The van der Waals surface area contributed by atoms with Crippen LogP contribution in [0.25, 0.3) is 89.4 Å². The summed E-state index contributed by atoms with van der Waals surface area (Å²) in [4.78, 5) is 51.1. The van der Waals surface area contributed by atoms with E-state index in [0.29, 0.717) is 5.82 Å². The van der Waals surface area contributed by atoms with Crippen molar-refractivity contribution in [2.45, 2.75) is 84.2 Å². The molecule has 10 aromatic heterocycles. The van der Waals surface area contributed by atoms with E-state index in [1.807, 2.05) is 81.8 Å². The Labute approximate surface area is 435 Å². The monoisotopic (exact) mass is 1010 g/mol. The first kappa shape index (κ1) is 49.3. The van der Waals surface area contributed by atoms with Crippen LogP contribution < -0.4 is 19.9 Å². The number of nitrogens with one attached hydrogen (secondary N) is 5. The highest BCUT2D eigenvalue weighted by Gasteiger charge is 2.22. The summed E-state index contributed by atoms with van der Waals surface area (Å²) in [6.07, 6.45) is 30.3. The molecular formula is C56H66N18O. The van der Waals surface area contributed by atoms with Crippen LogP contribution in [-0.4, -0.2) is 141 Å². The van der Waals surface area contributed by atoms with Crippen LogP contribution in [0.1, 0.15) is 77.2 Å². The normalized spacial score (nSPS) is 15.4. The third-order valence-electron chi connectivity index (χ3n) is 14.2. The molecule has 0 radical (unpaired) electrons. The van der Waals surface area contributed by atoms with Gasteiger partial charge in [0.25, 0.3) is 0 Å². The molecule has 19 nitrogen and oxygen atoms in total. The zero-order chi connectivity index (χ0) is 51.1. The van der Waals surface area contributed by atoms with Crippen molar-refractivity contribution in [3.05, 3.63) is 91.8 Å². The first-order valence-corrected chi connectivity index (χ1v) is 26.8. The lowest BCUT2D eigenvalue weighted by Gasteiger charge is -2.28. The molecule has 0 aromatic carbocycles. The lowest BCUT2D eigenvalue weighted by molar-refractivity contribution is 0.162. The van der Waals surface area contributed by atoms with Crippen molar-refractivity contribution in [3.63, 3.8) is 0 Å². The standard InChI is InChI=1S/C27H29N9O.C27H31N9.C2H6/c1-2-8-36(9-3-1)24-16-30-14-23-26(24)33-27(32-23)25-20-11-21(31-15-22(20)34-35-25)17-10-19(13-29-12-17)37-18-4-6-28-7-5-18;1-35(2)8-6-7-18-11-19(14-28-13-18)21-12-20-22(16-30-21)33-34-25(20)27-31-23-15-29-17-24(26(23)32-27)36-9-4-3-5-10-36;1-2/h10-16,18,28H,1-9H2,(H,32,33)(H,34,35);11-17H,3-10H2,1-2H3,(H,31,32)(H,33,34);1-2H3. The largest absolute Gasteiger partial charge is 0.489 e. The summed E-state index contributed by atoms with van der Waals surface area (Å²) < 4.78 is 6.20. The number of H-pyrrole nitrogens is 4. The minimum absolute atomic E-state index is 0.214. The SMILES string of the molecule is CC.CN(C)CCCc1cncc(-c2cc3c(-c4nc5c(N6CCCCC6)cncc5[nH]4)n[nH]c3cn2)c1.c1ncc(-c2cc3c(-c4nc5c(N6CCCCC6)cncc5[nH]4)n[nH]c3cn2)cc1OC1CCNCC1. The maximum absolute atomic E-state index is 6.20. The van der Waals surface area contributed by atoms with Gasteiger partial charge in [-0.1, -0.05) is 13.8 Å². The van der Waals surface area contributed by atoms with Gasteiger partial charge in [-0.05, 0) is 128 Å². The lowest BCUT2D eigenvalue weighted by Crippen LogP contribution is -2.34. The Kier molecular flexibility index (Phi) is 14.9. The number of hydrogen-bond acceptors (Lipinski definition) is 15. The second kappa shape index (κ2) is 22.7. The molecule has 0 atom stereocenters. The molecule has 3 saturated heterocycles. The number of aromatic nitrogens is 14. The number of piperidine rings is 3. The van der Waals surface area contributed by atoms with E-state index in [0.717, 1.165) is 172 Å². The number of anilines is 2. The van der Waals surface area contributed by atoms with Crippen molar-refractivity contribution in [2.24, 2.45) is 0 Å². The van der Waals surface area contributed by atoms with Crippen molar-refractivity contribution >= 4 is 55.2 Å². The number of hydrogen-bond donors (Lipinski definition) is 5. The molecule has 3 aliphatic heterocycles. The van der Waals surface area contributed by atoms with Crippen LogP contribution in [-0.2, 0) is 6.42 Å². The molecule has 5 N–H and O–H groups in total. The zero-order valence-corrected chi connectivity index (χ0v) is 43.4. The first-order valence-electron chi connectivity index (χ1n) is 26.8. The maximum Gasteiger partial charge on any atom is 0.159 e. The Morgan fingerprint density at radius 3 is 1.64 bits per heavy atom. The molecule has 0 unspecified atom stereocenters. The molecule has 3 aliphatic rings. The fraction of sp³-hybridized carbons (Fsp3) is 0.393. The van der Waals surface area contributed by atoms with E-state index in [1.54, 1.807) is 6.20 Å². The van der Waals surface area contributed by atoms with Gasteiger partial charge in [0.1, 0.15) is 34.3 Å². The van der Waals surface area contributed by atoms with Gasteiger partial charge in [-0.3, -0.25) is 40.1 Å². The van der Waals surface area contributed by atoms with Gasteiger partial charge in [-0.25, -0.2) is 9.97 Å². The highest BCUT2D eigenvalue weighted by Crippen LogP contribution is 2.35. The molecular weight excluding hydrogens is 941 g/mol. The van der Waals surface area contributed by atoms with Gasteiger partial charge in [-0.15, -0.1) is 0 Å². The quantitative estimate of drug-likeness (QED) is 0.0769. The van der Waals surface area contributed by atoms with Gasteiger partial charge in [0.2, 0.25) is 0 Å². The van der Waals surface area contributed by atoms with E-state index in [1.165, 1.54) is 44.1 Å². The Bertz CT molecular complexity index is 3500. The van der Waals surface area contributed by atoms with Crippen molar-refractivity contribution in [1.82, 2.24) is 80.5 Å². The number of aryl methyl sites for hydroxylation is 1. The van der Waals surface area contributed by atoms with Gasteiger partial charge >= 0.3 is 0 Å². The fourth-order valence-electron chi connectivity index (χ4n) is 10.4. The summed E-state index contributed by atoms with van der Waals surface area (Å²) in [5, 5.41) is 20.7. The van der Waals surface area contributed by atoms with Crippen LogP contribution in [0.5, 0.6) is 5.75 Å². The van der Waals surface area contributed by atoms with Gasteiger partial charge in [-0.2, -0.15) is 10.2 Å².